The molecule has 2 aromatic heterocycles. The summed E-state index contributed by atoms with van der Waals surface area (Å²) in [4.78, 5) is 32.6. The maximum absolute atomic E-state index is 12.4. The van der Waals surface area contributed by atoms with Crippen LogP contribution in [0.5, 0.6) is 0 Å². The minimum absolute atomic E-state index is 0.178. The third kappa shape index (κ3) is 3.50. The monoisotopic (exact) mass is 340 g/mol. The van der Waals surface area contributed by atoms with E-state index in [4.69, 9.17) is 0 Å². The van der Waals surface area contributed by atoms with E-state index in [2.05, 4.69) is 24.8 Å². The summed E-state index contributed by atoms with van der Waals surface area (Å²) in [5.41, 5.74) is 1.26. The first-order chi connectivity index (χ1) is 12.2. The van der Waals surface area contributed by atoms with Gasteiger partial charge < -0.3 is 14.8 Å². The molecule has 1 N–H and O–H groups in total. The van der Waals surface area contributed by atoms with Gasteiger partial charge >= 0.3 is 0 Å². The van der Waals surface area contributed by atoms with E-state index in [1.807, 2.05) is 17.3 Å². The van der Waals surface area contributed by atoms with Gasteiger partial charge in [-0.05, 0) is 19.3 Å². The Morgan fingerprint density at radius 2 is 2.12 bits per heavy atom. The summed E-state index contributed by atoms with van der Waals surface area (Å²) in [5.74, 6) is 1.23. The Bertz CT molecular complexity index is 704. The molecule has 0 bridgehead atoms. The van der Waals surface area contributed by atoms with Crippen molar-refractivity contribution in [2.75, 3.05) is 31.1 Å². The third-order valence-electron chi connectivity index (χ3n) is 5.49. The molecule has 2 aromatic rings. The molecule has 1 amide bonds. The van der Waals surface area contributed by atoms with E-state index in [-0.39, 0.29) is 11.3 Å². The highest BCUT2D eigenvalue weighted by Crippen LogP contribution is 2.39. The molecule has 2 aliphatic heterocycles. The topological polar surface area (TPSA) is 78.0 Å². The lowest BCUT2D eigenvalue weighted by atomic mass is 9.73. The zero-order valence-electron chi connectivity index (χ0n) is 14.4. The molecule has 2 fully saturated rings. The molecule has 132 valence electrons. The van der Waals surface area contributed by atoms with E-state index in [0.29, 0.717) is 6.42 Å². The average molecular weight is 340 g/mol. The van der Waals surface area contributed by atoms with Crippen molar-refractivity contribution in [3.05, 3.63) is 36.8 Å². The second-order valence-corrected chi connectivity index (χ2v) is 7.23. The van der Waals surface area contributed by atoms with Gasteiger partial charge in [0, 0.05) is 68.7 Å². The van der Waals surface area contributed by atoms with Gasteiger partial charge in [-0.25, -0.2) is 9.97 Å². The van der Waals surface area contributed by atoms with Gasteiger partial charge in [-0.2, -0.15) is 0 Å². The molecular weight excluding hydrogens is 316 g/mol. The minimum atomic E-state index is 0.178. The molecule has 2 saturated heterocycles. The van der Waals surface area contributed by atoms with Gasteiger partial charge in [0.1, 0.15) is 5.82 Å². The van der Waals surface area contributed by atoms with Crippen molar-refractivity contribution < 1.29 is 4.79 Å². The van der Waals surface area contributed by atoms with Crippen molar-refractivity contribution in [3.8, 4) is 0 Å². The standard InChI is InChI=1S/C18H24N6O/c25-17-2-5-18(13-24(17)9-3-15-10-20-14-22-15)4-1-8-23(12-18)16-11-19-6-7-21-16/h6-7,10-11,14H,1-5,8-9,12-13H2,(H,20,22)/t18-/m0/s1. The Morgan fingerprint density at radius 1 is 1.16 bits per heavy atom. The van der Waals surface area contributed by atoms with Crippen molar-refractivity contribution in [2.45, 2.75) is 32.1 Å². The molecule has 7 heteroatoms. The number of carbonyl (C=O) groups excluding carboxylic acids is 1. The predicted octanol–water partition coefficient (Wildman–Crippen LogP) is 1.65. The third-order valence-corrected chi connectivity index (χ3v) is 5.49. The Labute approximate surface area is 147 Å². The lowest BCUT2D eigenvalue weighted by Gasteiger charge is -2.48. The molecule has 25 heavy (non-hydrogen) atoms. The van der Waals surface area contributed by atoms with Crippen LogP contribution < -0.4 is 4.90 Å². The smallest absolute Gasteiger partial charge is 0.222 e. The number of carbonyl (C=O) groups is 1. The highest BCUT2D eigenvalue weighted by atomic mass is 16.2. The predicted molar refractivity (Wildman–Crippen MR) is 94.0 cm³/mol. The Morgan fingerprint density at radius 3 is 2.92 bits per heavy atom. The van der Waals surface area contributed by atoms with Gasteiger partial charge in [-0.15, -0.1) is 0 Å². The maximum atomic E-state index is 12.4. The summed E-state index contributed by atoms with van der Waals surface area (Å²) in [5, 5.41) is 0. The highest BCUT2D eigenvalue weighted by molar-refractivity contribution is 5.77. The van der Waals surface area contributed by atoms with Gasteiger partial charge in [0.2, 0.25) is 5.91 Å². The first kappa shape index (κ1) is 16.1. The fraction of sp³-hybridized carbons (Fsp3) is 0.556. The number of likely N-dealkylation sites (tertiary alicyclic amines) is 1. The van der Waals surface area contributed by atoms with Crippen LogP contribution in [0.4, 0.5) is 5.82 Å². The Kier molecular flexibility index (Phi) is 4.38. The molecular formula is C18H24N6O. The summed E-state index contributed by atoms with van der Waals surface area (Å²) in [6.45, 7) is 3.58. The van der Waals surface area contributed by atoms with Crippen LogP contribution in [0, 0.1) is 5.41 Å². The number of hydrogen-bond acceptors (Lipinski definition) is 5. The van der Waals surface area contributed by atoms with Crippen molar-refractivity contribution >= 4 is 11.7 Å². The average Bonchev–Trinajstić information content (AvgIpc) is 3.17. The fourth-order valence-corrected chi connectivity index (χ4v) is 4.17. The van der Waals surface area contributed by atoms with Crippen molar-refractivity contribution in [2.24, 2.45) is 5.41 Å². The van der Waals surface area contributed by atoms with Crippen molar-refractivity contribution in [1.82, 2.24) is 24.8 Å². The summed E-state index contributed by atoms with van der Waals surface area (Å²) in [7, 11) is 0. The molecule has 4 rings (SSSR count). The van der Waals surface area contributed by atoms with Crippen LogP contribution in [-0.4, -0.2) is 56.9 Å². The fourth-order valence-electron chi connectivity index (χ4n) is 4.17. The Hall–Kier alpha value is -2.44. The number of nitrogens with zero attached hydrogens (tertiary/aromatic N) is 5. The van der Waals surface area contributed by atoms with E-state index in [1.165, 1.54) is 6.42 Å². The molecule has 0 aliphatic carbocycles. The minimum Gasteiger partial charge on any atom is -0.355 e. The highest BCUT2D eigenvalue weighted by Gasteiger charge is 2.41. The summed E-state index contributed by atoms with van der Waals surface area (Å²) in [6, 6.07) is 0. The number of nitrogens with one attached hydrogen (secondary N) is 1. The number of aromatic nitrogens is 4. The second-order valence-electron chi connectivity index (χ2n) is 7.23. The first-order valence-electron chi connectivity index (χ1n) is 9.00. The van der Waals surface area contributed by atoms with E-state index in [1.54, 1.807) is 18.7 Å². The Balaban J connectivity index is 1.44. The first-order valence-corrected chi connectivity index (χ1v) is 9.00. The van der Waals surface area contributed by atoms with E-state index in [0.717, 1.165) is 57.0 Å². The quantitative estimate of drug-likeness (QED) is 0.916. The number of piperidine rings is 2. The van der Waals surface area contributed by atoms with Crippen LogP contribution in [0.25, 0.3) is 0 Å². The van der Waals surface area contributed by atoms with Crippen LogP contribution in [0.2, 0.25) is 0 Å². The summed E-state index contributed by atoms with van der Waals surface area (Å²) in [6.07, 6.45) is 13.6. The van der Waals surface area contributed by atoms with Gasteiger partial charge in [-0.3, -0.25) is 9.78 Å². The molecule has 2 aliphatic rings. The second kappa shape index (κ2) is 6.82. The van der Waals surface area contributed by atoms with Crippen molar-refractivity contribution in [3.63, 3.8) is 0 Å². The molecule has 1 atom stereocenters. The maximum Gasteiger partial charge on any atom is 0.222 e. The number of hydrogen-bond donors (Lipinski definition) is 1. The molecule has 0 unspecified atom stereocenters. The molecule has 0 aromatic carbocycles. The number of rotatable bonds is 4. The zero-order chi connectivity index (χ0) is 17.1. The van der Waals surface area contributed by atoms with E-state index in [9.17, 15) is 4.79 Å². The van der Waals surface area contributed by atoms with Crippen LogP contribution >= 0.6 is 0 Å². The SMILES string of the molecule is O=C1CC[C@]2(CCCN(c3cnccn3)C2)CN1CCc1cnc[nH]1. The lowest BCUT2D eigenvalue weighted by molar-refractivity contribution is -0.137. The largest absolute Gasteiger partial charge is 0.355 e. The summed E-state index contributed by atoms with van der Waals surface area (Å²) >= 11 is 0. The number of H-pyrrole nitrogens is 1. The molecule has 4 heterocycles. The van der Waals surface area contributed by atoms with Gasteiger partial charge in [0.15, 0.2) is 0 Å². The number of imidazole rings is 1. The number of aromatic amines is 1. The lowest BCUT2D eigenvalue weighted by Crippen LogP contribution is -2.54. The molecule has 7 nitrogen and oxygen atoms in total. The van der Waals surface area contributed by atoms with Crippen molar-refractivity contribution in [1.29, 1.82) is 0 Å². The van der Waals surface area contributed by atoms with Crippen LogP contribution in [0.3, 0.4) is 0 Å². The van der Waals surface area contributed by atoms with Gasteiger partial charge in [0.25, 0.3) is 0 Å². The molecule has 1 spiro atoms. The van der Waals surface area contributed by atoms with E-state index < -0.39 is 0 Å². The normalized spacial score (nSPS) is 24.1. The van der Waals surface area contributed by atoms with Gasteiger partial charge in [-0.1, -0.05) is 0 Å². The zero-order valence-corrected chi connectivity index (χ0v) is 14.4. The van der Waals surface area contributed by atoms with Gasteiger partial charge in [0.05, 0.1) is 12.5 Å². The van der Waals surface area contributed by atoms with E-state index >= 15 is 0 Å². The van der Waals surface area contributed by atoms with Crippen LogP contribution in [-0.2, 0) is 11.2 Å². The number of amides is 1. The van der Waals surface area contributed by atoms with Crippen LogP contribution in [0.15, 0.2) is 31.1 Å². The number of anilines is 1. The molecule has 0 saturated carbocycles. The van der Waals surface area contributed by atoms with Crippen LogP contribution in [0.1, 0.15) is 31.4 Å². The summed E-state index contributed by atoms with van der Waals surface area (Å²) < 4.78 is 0. The molecule has 0 radical (unpaired) electrons.